The Kier molecular flexibility index (Phi) is 4.53. The van der Waals surface area contributed by atoms with Crippen molar-refractivity contribution in [3.8, 4) is 0 Å². The molecule has 0 fully saturated rings. The predicted octanol–water partition coefficient (Wildman–Crippen LogP) is 3.61. The number of allylic oxidation sites excluding steroid dienone is 1. The number of pyridine rings is 3. The van der Waals surface area contributed by atoms with Crippen LogP contribution in [-0.2, 0) is 0 Å². The number of nitrogens with one attached hydrogen (secondary N) is 2. The van der Waals surface area contributed by atoms with Crippen LogP contribution in [-0.4, -0.2) is 27.7 Å². The maximum atomic E-state index is 8.55. The smallest absolute Gasteiger partial charge is 0.129 e. The van der Waals surface area contributed by atoms with Gasteiger partial charge in [0.2, 0.25) is 0 Å². The topological polar surface area (TPSA) is 74.6 Å². The van der Waals surface area contributed by atoms with Gasteiger partial charge >= 0.3 is 0 Å². The maximum Gasteiger partial charge on any atom is 0.129 e. The average molecular weight is 338 g/mol. The van der Waals surface area contributed by atoms with Crippen molar-refractivity contribution in [2.24, 2.45) is 0 Å². The van der Waals surface area contributed by atoms with E-state index in [9.17, 15) is 0 Å². The van der Waals surface area contributed by atoms with Gasteiger partial charge in [-0.1, -0.05) is 11.6 Å². The quantitative estimate of drug-likeness (QED) is 0.563. The Balaban J connectivity index is 2.08. The monoisotopic (exact) mass is 337 g/mol. The van der Waals surface area contributed by atoms with Gasteiger partial charge in [-0.05, 0) is 36.8 Å². The molecule has 2 N–H and O–H groups in total. The van der Waals surface area contributed by atoms with Crippen LogP contribution >= 0.6 is 11.6 Å². The lowest BCUT2D eigenvalue weighted by Crippen LogP contribution is -2.08. The molecule has 0 spiro atoms. The Hall–Kier alpha value is -2.79. The number of aryl methyl sites for hydroxylation is 1. The molecule has 24 heavy (non-hydrogen) atoms. The van der Waals surface area contributed by atoms with Crippen LogP contribution in [0.5, 0.6) is 0 Å². The van der Waals surface area contributed by atoms with E-state index in [-0.39, 0.29) is 0 Å². The molecule has 0 unspecified atom stereocenters. The Morgan fingerprint density at radius 2 is 1.96 bits per heavy atom. The summed E-state index contributed by atoms with van der Waals surface area (Å²) in [6.45, 7) is 1.95. The fourth-order valence-corrected chi connectivity index (χ4v) is 2.57. The van der Waals surface area contributed by atoms with Gasteiger partial charge in [0.1, 0.15) is 5.15 Å². The first-order valence-corrected chi connectivity index (χ1v) is 7.77. The molecule has 3 rings (SSSR count). The van der Waals surface area contributed by atoms with Crippen molar-refractivity contribution >= 4 is 33.9 Å². The summed E-state index contributed by atoms with van der Waals surface area (Å²) >= 11 is 5.97. The van der Waals surface area contributed by atoms with Crippen LogP contribution < -0.4 is 5.32 Å². The highest BCUT2D eigenvalue weighted by molar-refractivity contribution is 6.31. The van der Waals surface area contributed by atoms with Crippen LogP contribution in [0.3, 0.4) is 0 Å². The van der Waals surface area contributed by atoms with E-state index in [4.69, 9.17) is 17.0 Å². The van der Waals surface area contributed by atoms with E-state index in [0.29, 0.717) is 22.0 Å². The third kappa shape index (κ3) is 3.26. The Morgan fingerprint density at radius 1 is 1.12 bits per heavy atom. The van der Waals surface area contributed by atoms with E-state index in [0.717, 1.165) is 22.2 Å². The Labute approximate surface area is 145 Å². The summed E-state index contributed by atoms with van der Waals surface area (Å²) in [4.78, 5) is 12.9. The number of fused-ring (bicyclic) bond motifs is 1. The lowest BCUT2D eigenvalue weighted by Gasteiger charge is -2.11. The summed E-state index contributed by atoms with van der Waals surface area (Å²) in [5.41, 5.74) is 5.07. The maximum absolute atomic E-state index is 8.55. The molecule has 0 aliphatic carbocycles. The number of nitrogens with zero attached hydrogens (tertiary/aromatic N) is 3. The molecule has 3 aromatic heterocycles. The van der Waals surface area contributed by atoms with Gasteiger partial charge in [-0.25, -0.2) is 4.98 Å². The molecule has 3 aromatic rings. The molecule has 0 aliphatic rings. The standard InChI is InChI=1S/C18H16ClN5/c1-11-5-13(8-22-7-11)18(20)14(10-21-2)12-6-16-15(23-9-12)3-4-17(19)24-16/h3-10,20-21H,1-2H3/b14-10-,20-18?. The van der Waals surface area contributed by atoms with Gasteiger partial charge in [-0.2, -0.15) is 0 Å². The molecule has 5 nitrogen and oxygen atoms in total. The molecule has 0 bridgehead atoms. The van der Waals surface area contributed by atoms with Crippen LogP contribution in [0.15, 0.2) is 49.1 Å². The minimum Gasteiger partial charge on any atom is -0.393 e. The van der Waals surface area contributed by atoms with E-state index in [2.05, 4.69) is 20.3 Å². The minimum atomic E-state index is 0.365. The fourth-order valence-electron chi connectivity index (χ4n) is 2.42. The molecule has 3 heterocycles. The summed E-state index contributed by atoms with van der Waals surface area (Å²) in [5.74, 6) is 0. The normalized spacial score (nSPS) is 11.5. The first-order chi connectivity index (χ1) is 11.6. The summed E-state index contributed by atoms with van der Waals surface area (Å²) in [6, 6.07) is 7.35. The lowest BCUT2D eigenvalue weighted by molar-refractivity contribution is 1.11. The van der Waals surface area contributed by atoms with E-state index in [1.54, 1.807) is 37.9 Å². The van der Waals surface area contributed by atoms with Crippen LogP contribution in [0.4, 0.5) is 0 Å². The number of aromatic nitrogens is 3. The number of halogens is 1. The molecule has 120 valence electrons. The molecular weight excluding hydrogens is 322 g/mol. The lowest BCUT2D eigenvalue weighted by atomic mass is 9.98. The van der Waals surface area contributed by atoms with Gasteiger partial charge < -0.3 is 5.32 Å². The third-order valence-electron chi connectivity index (χ3n) is 3.54. The average Bonchev–Trinajstić information content (AvgIpc) is 2.58. The van der Waals surface area contributed by atoms with Gasteiger partial charge in [0.05, 0.1) is 16.7 Å². The SMILES string of the molecule is CN/C=C(\C(=N)c1cncc(C)c1)c1cnc2ccc(Cl)nc2c1. The zero-order chi connectivity index (χ0) is 17.1. The van der Waals surface area contributed by atoms with Crippen molar-refractivity contribution in [3.05, 3.63) is 70.9 Å². The van der Waals surface area contributed by atoms with Crippen LogP contribution in [0.2, 0.25) is 5.15 Å². The predicted molar refractivity (Wildman–Crippen MR) is 97.4 cm³/mol. The van der Waals surface area contributed by atoms with Gasteiger partial charge in [-0.15, -0.1) is 0 Å². The summed E-state index contributed by atoms with van der Waals surface area (Å²) in [7, 11) is 1.80. The highest BCUT2D eigenvalue weighted by Gasteiger charge is 2.13. The Morgan fingerprint density at radius 3 is 2.71 bits per heavy atom. The van der Waals surface area contributed by atoms with E-state index in [1.807, 2.05) is 25.1 Å². The van der Waals surface area contributed by atoms with Gasteiger partial charge in [0.25, 0.3) is 0 Å². The van der Waals surface area contributed by atoms with Gasteiger partial charge in [-0.3, -0.25) is 15.4 Å². The molecule has 0 saturated carbocycles. The third-order valence-corrected chi connectivity index (χ3v) is 3.75. The van der Waals surface area contributed by atoms with Crippen LogP contribution in [0.25, 0.3) is 16.6 Å². The highest BCUT2D eigenvalue weighted by Crippen LogP contribution is 2.22. The van der Waals surface area contributed by atoms with Crippen molar-refractivity contribution < 1.29 is 0 Å². The molecular formula is C18H16ClN5. The van der Waals surface area contributed by atoms with Crippen LogP contribution in [0, 0.1) is 12.3 Å². The van der Waals surface area contributed by atoms with E-state index >= 15 is 0 Å². The second kappa shape index (κ2) is 6.76. The largest absolute Gasteiger partial charge is 0.393 e. The molecule has 0 saturated heterocycles. The van der Waals surface area contributed by atoms with Crippen molar-refractivity contribution in [1.29, 1.82) is 5.41 Å². The molecule has 0 amide bonds. The summed E-state index contributed by atoms with van der Waals surface area (Å²) < 4.78 is 0. The molecule has 0 aliphatic heterocycles. The molecule has 6 heteroatoms. The Bertz CT molecular complexity index is 949. The first-order valence-electron chi connectivity index (χ1n) is 7.39. The second-order valence-corrected chi connectivity index (χ2v) is 5.76. The highest BCUT2D eigenvalue weighted by atomic mass is 35.5. The molecule has 0 atom stereocenters. The zero-order valence-electron chi connectivity index (χ0n) is 13.3. The number of hydrogen-bond donors (Lipinski definition) is 2. The van der Waals surface area contributed by atoms with Gasteiger partial charge in [0.15, 0.2) is 0 Å². The van der Waals surface area contributed by atoms with Crippen LogP contribution in [0.1, 0.15) is 16.7 Å². The van der Waals surface area contributed by atoms with Crippen molar-refractivity contribution in [3.63, 3.8) is 0 Å². The number of rotatable bonds is 4. The van der Waals surface area contributed by atoms with Crippen molar-refractivity contribution in [2.75, 3.05) is 7.05 Å². The summed E-state index contributed by atoms with van der Waals surface area (Å²) in [6.07, 6.45) is 6.96. The molecule has 0 aromatic carbocycles. The van der Waals surface area contributed by atoms with Crippen molar-refractivity contribution in [1.82, 2.24) is 20.3 Å². The van der Waals surface area contributed by atoms with Gasteiger partial charge in [0, 0.05) is 48.5 Å². The van der Waals surface area contributed by atoms with Crippen molar-refractivity contribution in [2.45, 2.75) is 6.92 Å². The summed E-state index contributed by atoms with van der Waals surface area (Å²) in [5, 5.41) is 12.0. The second-order valence-electron chi connectivity index (χ2n) is 5.37. The first kappa shape index (κ1) is 16.1. The van der Waals surface area contributed by atoms with E-state index < -0.39 is 0 Å². The minimum absolute atomic E-state index is 0.365. The van der Waals surface area contributed by atoms with E-state index in [1.165, 1.54) is 0 Å². The molecule has 0 radical (unpaired) electrons. The number of hydrogen-bond acceptors (Lipinski definition) is 5. The fraction of sp³-hybridized carbons (Fsp3) is 0.111. The zero-order valence-corrected chi connectivity index (χ0v) is 14.1.